The molecule has 1 N–H and O–H groups in total. The molecule has 1 unspecified atom stereocenters. The number of hydrogen-bond donors (Lipinski definition) is 1. The van der Waals surface area contributed by atoms with E-state index in [9.17, 15) is 0 Å². The summed E-state index contributed by atoms with van der Waals surface area (Å²) in [5.41, 5.74) is 1.23. The maximum atomic E-state index is 5.82. The van der Waals surface area contributed by atoms with Gasteiger partial charge in [0.1, 0.15) is 11.1 Å². The van der Waals surface area contributed by atoms with E-state index in [1.165, 1.54) is 10.6 Å². The number of nitrogens with one attached hydrogen (secondary N) is 1. The van der Waals surface area contributed by atoms with Crippen LogP contribution in [0.3, 0.4) is 0 Å². The Bertz CT molecular complexity index is 344. The first-order valence-electron chi connectivity index (χ1n) is 6.89. The van der Waals surface area contributed by atoms with Gasteiger partial charge in [-0.3, -0.25) is 0 Å². The Morgan fingerprint density at radius 2 is 2.06 bits per heavy atom. The van der Waals surface area contributed by atoms with Gasteiger partial charge >= 0.3 is 0 Å². The Balaban J connectivity index is 2.96. The third-order valence-electron chi connectivity index (χ3n) is 2.82. The van der Waals surface area contributed by atoms with Gasteiger partial charge in [0.25, 0.3) is 0 Å². The molecule has 1 aromatic rings. The normalized spacial score (nSPS) is 13.2. The number of thiazole rings is 1. The van der Waals surface area contributed by atoms with Crippen LogP contribution < -0.4 is 5.32 Å². The van der Waals surface area contributed by atoms with Gasteiger partial charge in [-0.15, -0.1) is 11.3 Å². The fourth-order valence-corrected chi connectivity index (χ4v) is 3.32. The molecule has 18 heavy (non-hydrogen) atoms. The van der Waals surface area contributed by atoms with Crippen molar-refractivity contribution >= 4 is 11.3 Å². The Kier molecular flexibility index (Phi) is 6.82. The average Bonchev–Trinajstić information content (AvgIpc) is 2.73. The summed E-state index contributed by atoms with van der Waals surface area (Å²) in [6.07, 6.45) is 2.36. The Labute approximate surface area is 115 Å². The van der Waals surface area contributed by atoms with Crippen LogP contribution in [-0.4, -0.2) is 18.6 Å². The van der Waals surface area contributed by atoms with Gasteiger partial charge in [-0.05, 0) is 26.3 Å². The predicted octanol–water partition coefficient (Wildman–Crippen LogP) is 3.86. The topological polar surface area (TPSA) is 34.1 Å². The minimum absolute atomic E-state index is 0.174. The first kappa shape index (κ1) is 15.6. The van der Waals surface area contributed by atoms with Crippen molar-refractivity contribution in [3.05, 3.63) is 15.6 Å². The van der Waals surface area contributed by atoms with Crippen LogP contribution in [0, 0.1) is 0 Å². The summed E-state index contributed by atoms with van der Waals surface area (Å²) < 4.78 is 5.82. The third kappa shape index (κ3) is 4.04. The molecule has 0 amide bonds. The molecule has 0 bridgehead atoms. The lowest BCUT2D eigenvalue weighted by molar-refractivity contribution is 0.0554. The SMILES string of the molecule is CCCC(OCC)c1nc(C(C)C)c(CNC)s1. The summed E-state index contributed by atoms with van der Waals surface area (Å²) in [6.45, 7) is 10.3. The Morgan fingerprint density at radius 3 is 2.56 bits per heavy atom. The third-order valence-corrected chi connectivity index (χ3v) is 3.99. The zero-order chi connectivity index (χ0) is 13.5. The van der Waals surface area contributed by atoms with Gasteiger partial charge in [0.15, 0.2) is 0 Å². The van der Waals surface area contributed by atoms with E-state index in [-0.39, 0.29) is 6.10 Å². The van der Waals surface area contributed by atoms with E-state index >= 15 is 0 Å². The zero-order valence-corrected chi connectivity index (χ0v) is 13.1. The number of aromatic nitrogens is 1. The van der Waals surface area contributed by atoms with Crippen LogP contribution in [0.25, 0.3) is 0 Å². The quantitative estimate of drug-likeness (QED) is 0.779. The van der Waals surface area contributed by atoms with E-state index in [4.69, 9.17) is 9.72 Å². The average molecular weight is 270 g/mol. The van der Waals surface area contributed by atoms with Crippen molar-refractivity contribution in [1.29, 1.82) is 0 Å². The summed E-state index contributed by atoms with van der Waals surface area (Å²) in [5.74, 6) is 0.474. The number of hydrogen-bond acceptors (Lipinski definition) is 4. The lowest BCUT2D eigenvalue weighted by atomic mass is 10.1. The molecular formula is C14H26N2OS. The van der Waals surface area contributed by atoms with Crippen LogP contribution in [0.15, 0.2) is 0 Å². The van der Waals surface area contributed by atoms with Gasteiger partial charge in [0, 0.05) is 18.0 Å². The summed E-state index contributed by atoms with van der Waals surface area (Å²) in [5, 5.41) is 4.37. The highest BCUT2D eigenvalue weighted by atomic mass is 32.1. The summed E-state index contributed by atoms with van der Waals surface area (Å²) in [7, 11) is 1.98. The molecule has 0 aliphatic rings. The second-order valence-corrected chi connectivity index (χ2v) is 5.89. The van der Waals surface area contributed by atoms with Crippen molar-refractivity contribution in [2.45, 2.75) is 59.1 Å². The largest absolute Gasteiger partial charge is 0.371 e. The predicted molar refractivity (Wildman–Crippen MR) is 78.2 cm³/mol. The van der Waals surface area contributed by atoms with E-state index in [0.29, 0.717) is 5.92 Å². The number of nitrogens with zero attached hydrogens (tertiary/aromatic N) is 1. The highest BCUT2D eigenvalue weighted by Crippen LogP contribution is 2.32. The van der Waals surface area contributed by atoms with Gasteiger partial charge in [0.2, 0.25) is 0 Å². The standard InChI is InChI=1S/C14H26N2OS/c1-6-8-11(17-7-2)14-16-13(10(3)4)12(18-14)9-15-5/h10-11,15H,6-9H2,1-5H3. The molecule has 0 saturated carbocycles. The molecule has 104 valence electrons. The van der Waals surface area contributed by atoms with Crippen molar-refractivity contribution in [3.8, 4) is 0 Å². The van der Waals surface area contributed by atoms with Crippen molar-refractivity contribution in [2.24, 2.45) is 0 Å². The molecule has 1 aromatic heterocycles. The molecule has 0 fully saturated rings. The molecule has 0 spiro atoms. The van der Waals surface area contributed by atoms with Crippen LogP contribution >= 0.6 is 11.3 Å². The van der Waals surface area contributed by atoms with Gasteiger partial charge < -0.3 is 10.1 Å². The summed E-state index contributed by atoms with van der Waals surface area (Å²) >= 11 is 1.80. The number of rotatable bonds is 8. The molecule has 0 radical (unpaired) electrons. The van der Waals surface area contributed by atoms with E-state index in [0.717, 1.165) is 31.0 Å². The first-order chi connectivity index (χ1) is 8.63. The maximum Gasteiger partial charge on any atom is 0.122 e. The molecule has 1 heterocycles. The van der Waals surface area contributed by atoms with Crippen LogP contribution in [-0.2, 0) is 11.3 Å². The van der Waals surface area contributed by atoms with Crippen LogP contribution in [0.2, 0.25) is 0 Å². The van der Waals surface area contributed by atoms with E-state index < -0.39 is 0 Å². The fraction of sp³-hybridized carbons (Fsp3) is 0.786. The molecule has 4 heteroatoms. The van der Waals surface area contributed by atoms with Crippen LogP contribution in [0.5, 0.6) is 0 Å². The van der Waals surface area contributed by atoms with Gasteiger partial charge in [0.05, 0.1) is 5.69 Å². The van der Waals surface area contributed by atoms with Gasteiger partial charge in [-0.25, -0.2) is 4.98 Å². The molecule has 0 saturated heterocycles. The van der Waals surface area contributed by atoms with E-state index in [1.807, 2.05) is 14.0 Å². The molecule has 1 atom stereocenters. The molecule has 0 aromatic carbocycles. The summed E-state index contributed by atoms with van der Waals surface area (Å²) in [6, 6.07) is 0. The zero-order valence-electron chi connectivity index (χ0n) is 12.2. The smallest absolute Gasteiger partial charge is 0.122 e. The fourth-order valence-electron chi connectivity index (χ4n) is 2.00. The molecule has 0 aliphatic carbocycles. The Morgan fingerprint density at radius 1 is 1.33 bits per heavy atom. The maximum absolute atomic E-state index is 5.82. The minimum Gasteiger partial charge on any atom is -0.371 e. The first-order valence-corrected chi connectivity index (χ1v) is 7.71. The second kappa shape index (κ2) is 7.87. The molecule has 0 aliphatic heterocycles. The molecule has 1 rings (SSSR count). The van der Waals surface area contributed by atoms with E-state index in [1.54, 1.807) is 11.3 Å². The highest BCUT2D eigenvalue weighted by Gasteiger charge is 2.20. The minimum atomic E-state index is 0.174. The molecular weight excluding hydrogens is 244 g/mol. The van der Waals surface area contributed by atoms with Crippen LogP contribution in [0.1, 0.15) is 68.1 Å². The van der Waals surface area contributed by atoms with E-state index in [2.05, 4.69) is 26.1 Å². The highest BCUT2D eigenvalue weighted by molar-refractivity contribution is 7.11. The van der Waals surface area contributed by atoms with Crippen LogP contribution in [0.4, 0.5) is 0 Å². The van der Waals surface area contributed by atoms with Gasteiger partial charge in [-0.1, -0.05) is 27.2 Å². The lowest BCUT2D eigenvalue weighted by Crippen LogP contribution is -2.06. The molecule has 3 nitrogen and oxygen atoms in total. The Hall–Kier alpha value is -0.450. The lowest BCUT2D eigenvalue weighted by Gasteiger charge is -2.13. The van der Waals surface area contributed by atoms with Crippen molar-refractivity contribution in [2.75, 3.05) is 13.7 Å². The van der Waals surface area contributed by atoms with Crippen molar-refractivity contribution in [1.82, 2.24) is 10.3 Å². The van der Waals surface area contributed by atoms with Crippen molar-refractivity contribution < 1.29 is 4.74 Å². The second-order valence-electron chi connectivity index (χ2n) is 4.78. The monoisotopic (exact) mass is 270 g/mol. The summed E-state index contributed by atoms with van der Waals surface area (Å²) in [4.78, 5) is 6.17. The van der Waals surface area contributed by atoms with Crippen molar-refractivity contribution in [3.63, 3.8) is 0 Å². The van der Waals surface area contributed by atoms with Gasteiger partial charge in [-0.2, -0.15) is 0 Å². The number of ether oxygens (including phenoxy) is 1.